The van der Waals surface area contributed by atoms with E-state index in [0.29, 0.717) is 36.7 Å². The van der Waals surface area contributed by atoms with Gasteiger partial charge in [0.05, 0.1) is 18.0 Å². The Morgan fingerprint density at radius 3 is 2.71 bits per heavy atom. The average molecular weight is 551 g/mol. The number of amides is 1. The Morgan fingerprint density at radius 2 is 1.95 bits per heavy atom. The minimum atomic E-state index is -0.0451. The highest BCUT2D eigenvalue weighted by molar-refractivity contribution is 6.08. The van der Waals surface area contributed by atoms with E-state index >= 15 is 0 Å². The molecular weight excluding hydrogens is 516 g/mol. The van der Waals surface area contributed by atoms with E-state index in [0.717, 1.165) is 70.6 Å². The first-order valence-electron chi connectivity index (χ1n) is 13.9. The highest BCUT2D eigenvalue weighted by Gasteiger charge is 2.19. The predicted octanol–water partition coefficient (Wildman–Crippen LogP) is 5.13. The fourth-order valence-electron chi connectivity index (χ4n) is 5.29. The second-order valence-electron chi connectivity index (χ2n) is 10.0. The quantitative estimate of drug-likeness (QED) is 0.128. The van der Waals surface area contributed by atoms with Crippen molar-refractivity contribution in [3.63, 3.8) is 0 Å². The second-order valence-corrected chi connectivity index (χ2v) is 10.0. The van der Waals surface area contributed by atoms with Crippen LogP contribution in [0.5, 0.6) is 5.75 Å². The number of carbonyl (C=O) groups is 1. The molecule has 1 aliphatic heterocycles. The molecule has 210 valence electrons. The van der Waals surface area contributed by atoms with Crippen LogP contribution in [-0.2, 0) is 28.9 Å². The van der Waals surface area contributed by atoms with Gasteiger partial charge in [0.1, 0.15) is 18.7 Å². The Morgan fingerprint density at radius 1 is 1.15 bits per heavy atom. The van der Waals surface area contributed by atoms with E-state index in [-0.39, 0.29) is 5.56 Å². The molecule has 1 aromatic heterocycles. The number of hydrogen-bond acceptors (Lipinski definition) is 6. The fourth-order valence-corrected chi connectivity index (χ4v) is 5.29. The Hall–Kier alpha value is -4.72. The van der Waals surface area contributed by atoms with Crippen LogP contribution in [0.1, 0.15) is 53.5 Å². The molecule has 2 heterocycles. The molecule has 8 heteroatoms. The largest absolute Gasteiger partial charge is 0.493 e. The molecule has 1 N–H and O–H groups in total. The van der Waals surface area contributed by atoms with E-state index in [1.54, 1.807) is 4.57 Å². The summed E-state index contributed by atoms with van der Waals surface area (Å²) in [5.74, 6) is 1.83. The summed E-state index contributed by atoms with van der Waals surface area (Å²) in [6.07, 6.45) is 4.67. The summed E-state index contributed by atoms with van der Waals surface area (Å²) in [4.78, 5) is 35.0. The molecule has 0 fully saturated rings. The van der Waals surface area contributed by atoms with Crippen LogP contribution in [0.4, 0.5) is 0 Å². The van der Waals surface area contributed by atoms with Crippen molar-refractivity contribution in [1.82, 2.24) is 14.9 Å². The lowest BCUT2D eigenvalue weighted by atomic mass is 9.96. The molecule has 5 rings (SSSR count). The molecule has 0 saturated heterocycles. The number of carbonyl (C=O) groups excluding carboxylic acids is 1. The number of hydrogen-bond donors (Lipinski definition) is 1. The normalized spacial score (nSPS) is 12.5. The lowest BCUT2D eigenvalue weighted by Gasteiger charge is -2.16. The fraction of sp³-hybridized carbons (Fsp3) is 0.273. The summed E-state index contributed by atoms with van der Waals surface area (Å²) < 4.78 is 7.47. The van der Waals surface area contributed by atoms with Gasteiger partial charge < -0.3 is 14.9 Å². The number of benzene rings is 3. The minimum absolute atomic E-state index is 0.0451. The molecule has 41 heavy (non-hydrogen) atoms. The Balaban J connectivity index is 1.51. The monoisotopic (exact) mass is 550 g/mol. The Bertz CT molecular complexity index is 1640. The van der Waals surface area contributed by atoms with Crippen molar-refractivity contribution in [3.05, 3.63) is 111 Å². The molecule has 0 atom stereocenters. The van der Waals surface area contributed by atoms with Crippen LogP contribution in [0.3, 0.4) is 0 Å². The number of aromatic nitrogens is 2. The number of rotatable bonds is 10. The van der Waals surface area contributed by atoms with E-state index in [1.807, 2.05) is 73.7 Å². The third-order valence-electron chi connectivity index (χ3n) is 7.34. The zero-order valence-electron chi connectivity index (χ0n) is 23.6. The van der Waals surface area contributed by atoms with Crippen molar-refractivity contribution in [2.45, 2.75) is 46.0 Å². The van der Waals surface area contributed by atoms with Crippen LogP contribution in [0.25, 0.3) is 16.8 Å². The number of fused-ring (bicyclic) bond motifs is 1. The van der Waals surface area contributed by atoms with E-state index in [4.69, 9.17) is 14.6 Å². The van der Waals surface area contributed by atoms with Gasteiger partial charge >= 0.3 is 0 Å². The topological polar surface area (TPSA) is 94.8 Å². The zero-order chi connectivity index (χ0) is 28.8. The van der Waals surface area contributed by atoms with Crippen molar-refractivity contribution in [3.8, 4) is 22.6 Å². The second kappa shape index (κ2) is 12.6. The maximum absolute atomic E-state index is 14.0. The summed E-state index contributed by atoms with van der Waals surface area (Å²) in [6.45, 7) is 4.70. The van der Waals surface area contributed by atoms with Crippen LogP contribution in [0.2, 0.25) is 0 Å². The maximum Gasteiger partial charge on any atom is 0.261 e. The Labute approximate surface area is 239 Å². The smallest absolute Gasteiger partial charge is 0.261 e. The summed E-state index contributed by atoms with van der Waals surface area (Å²) >= 11 is 0. The third kappa shape index (κ3) is 5.91. The van der Waals surface area contributed by atoms with Crippen LogP contribution >= 0.6 is 0 Å². The number of nitrogens with zero attached hydrogens (tertiary/aromatic N) is 3. The van der Waals surface area contributed by atoms with Gasteiger partial charge in [0, 0.05) is 30.0 Å². The van der Waals surface area contributed by atoms with Gasteiger partial charge in [-0.2, -0.15) is 0 Å². The molecule has 0 spiro atoms. The van der Waals surface area contributed by atoms with Gasteiger partial charge in [0.2, 0.25) is 6.41 Å². The predicted molar refractivity (Wildman–Crippen MR) is 160 cm³/mol. The molecule has 8 nitrogen and oxygen atoms in total. The standard InChI is InChI=1S/C33H34N4O4/c1-4-5-10-30-29(33(39)37(22(2)35-30)26-16-15-25-17-18-41-31(25)20-26)19-23-11-13-24(14-12-23)27-8-6-7-9-28(27)32(34-21-38)36-40-3/h6-9,11-16,20-21H,4-5,10,17-19H2,1-3H3,(H,34,36,38). The van der Waals surface area contributed by atoms with Crippen molar-refractivity contribution < 1.29 is 14.4 Å². The molecule has 0 radical (unpaired) electrons. The van der Waals surface area contributed by atoms with E-state index in [9.17, 15) is 9.59 Å². The summed E-state index contributed by atoms with van der Waals surface area (Å²) in [5, 5.41) is 6.58. The first-order valence-corrected chi connectivity index (χ1v) is 13.9. The number of amidine groups is 1. The molecule has 4 aromatic rings. The molecule has 1 amide bonds. The first kappa shape index (κ1) is 27.8. The molecule has 0 bridgehead atoms. The maximum atomic E-state index is 14.0. The molecule has 0 aliphatic carbocycles. The first-order chi connectivity index (χ1) is 20.0. The summed E-state index contributed by atoms with van der Waals surface area (Å²) in [6, 6.07) is 21.7. The van der Waals surface area contributed by atoms with Crippen LogP contribution in [0.15, 0.2) is 76.7 Å². The van der Waals surface area contributed by atoms with Gasteiger partial charge in [-0.15, -0.1) is 0 Å². The average Bonchev–Trinajstić information content (AvgIpc) is 3.46. The van der Waals surface area contributed by atoms with Crippen LogP contribution in [0, 0.1) is 6.92 Å². The lowest BCUT2D eigenvalue weighted by molar-refractivity contribution is -0.108. The summed E-state index contributed by atoms with van der Waals surface area (Å²) in [5.41, 5.74) is 7.05. The Kier molecular flexibility index (Phi) is 8.58. The van der Waals surface area contributed by atoms with Crippen molar-refractivity contribution in [2.24, 2.45) is 5.16 Å². The number of ether oxygens (including phenoxy) is 1. The molecule has 0 saturated carbocycles. The van der Waals surface area contributed by atoms with Gasteiger partial charge in [0.15, 0.2) is 5.84 Å². The van der Waals surface area contributed by atoms with Gasteiger partial charge in [0.25, 0.3) is 5.56 Å². The third-order valence-corrected chi connectivity index (χ3v) is 7.34. The van der Waals surface area contributed by atoms with Crippen LogP contribution in [-0.4, -0.2) is 35.5 Å². The molecule has 0 unspecified atom stereocenters. The summed E-state index contributed by atoms with van der Waals surface area (Å²) in [7, 11) is 1.44. The van der Waals surface area contributed by atoms with Crippen molar-refractivity contribution in [1.29, 1.82) is 0 Å². The number of unbranched alkanes of at least 4 members (excludes halogenated alkanes) is 1. The molecular formula is C33H34N4O4. The number of oxime groups is 1. The van der Waals surface area contributed by atoms with Crippen molar-refractivity contribution in [2.75, 3.05) is 13.7 Å². The van der Waals surface area contributed by atoms with Crippen molar-refractivity contribution >= 4 is 12.2 Å². The van der Waals surface area contributed by atoms with E-state index < -0.39 is 0 Å². The number of nitrogens with one attached hydrogen (secondary N) is 1. The van der Waals surface area contributed by atoms with Crippen LogP contribution < -0.4 is 15.6 Å². The zero-order valence-corrected chi connectivity index (χ0v) is 23.6. The molecule has 1 aliphatic rings. The van der Waals surface area contributed by atoms with Gasteiger partial charge in [-0.05, 0) is 48.1 Å². The number of aryl methyl sites for hydroxylation is 2. The van der Waals surface area contributed by atoms with Gasteiger partial charge in [-0.3, -0.25) is 14.2 Å². The lowest BCUT2D eigenvalue weighted by Crippen LogP contribution is -2.28. The minimum Gasteiger partial charge on any atom is -0.493 e. The van der Waals surface area contributed by atoms with Gasteiger partial charge in [-0.25, -0.2) is 4.98 Å². The highest BCUT2D eigenvalue weighted by Crippen LogP contribution is 2.28. The van der Waals surface area contributed by atoms with E-state index in [2.05, 4.69) is 17.4 Å². The van der Waals surface area contributed by atoms with E-state index in [1.165, 1.54) is 7.11 Å². The highest BCUT2D eigenvalue weighted by atomic mass is 16.6. The van der Waals surface area contributed by atoms with Gasteiger partial charge in [-0.1, -0.05) is 73.1 Å². The molecule has 3 aromatic carbocycles. The SMILES string of the molecule is CCCCc1nc(C)n(-c2ccc3c(c2)OCC3)c(=O)c1Cc1ccc(-c2ccccc2/C(=N/OC)NC=O)cc1.